The van der Waals surface area contributed by atoms with Crippen molar-refractivity contribution < 1.29 is 0 Å². The lowest BCUT2D eigenvalue weighted by Gasteiger charge is -2.11. The standard InChI is InChI=1S/C13H16Cl2/c1-3-4-5-6-10(2)12-8-7-11(14)9-13(12)15/h4-5,7-10H,3,6H2,1-2H3/b5-4-. The molecule has 1 atom stereocenters. The number of halogens is 2. The molecule has 0 bridgehead atoms. The van der Waals surface area contributed by atoms with E-state index >= 15 is 0 Å². The summed E-state index contributed by atoms with van der Waals surface area (Å²) in [4.78, 5) is 0. The Hall–Kier alpha value is -0.460. The number of allylic oxidation sites excluding steroid dienone is 2. The van der Waals surface area contributed by atoms with E-state index in [1.165, 1.54) is 5.56 Å². The molecule has 0 fully saturated rings. The van der Waals surface area contributed by atoms with E-state index in [2.05, 4.69) is 26.0 Å². The summed E-state index contributed by atoms with van der Waals surface area (Å²) in [5.41, 5.74) is 1.17. The Morgan fingerprint density at radius 3 is 2.60 bits per heavy atom. The van der Waals surface area contributed by atoms with Gasteiger partial charge in [0.2, 0.25) is 0 Å². The van der Waals surface area contributed by atoms with Crippen molar-refractivity contribution in [3.63, 3.8) is 0 Å². The lowest BCUT2D eigenvalue weighted by Crippen LogP contribution is -1.92. The van der Waals surface area contributed by atoms with Crippen LogP contribution in [0.2, 0.25) is 10.0 Å². The zero-order valence-corrected chi connectivity index (χ0v) is 10.6. The Labute approximate surface area is 102 Å². The molecule has 1 unspecified atom stereocenters. The maximum Gasteiger partial charge on any atom is 0.0455 e. The second kappa shape index (κ2) is 6.19. The van der Waals surface area contributed by atoms with Gasteiger partial charge in [-0.2, -0.15) is 0 Å². The molecule has 15 heavy (non-hydrogen) atoms. The van der Waals surface area contributed by atoms with Crippen LogP contribution < -0.4 is 0 Å². The highest BCUT2D eigenvalue weighted by atomic mass is 35.5. The van der Waals surface area contributed by atoms with Crippen LogP contribution in [-0.2, 0) is 0 Å². The van der Waals surface area contributed by atoms with Gasteiger partial charge in [0.15, 0.2) is 0 Å². The van der Waals surface area contributed by atoms with Crippen LogP contribution in [0.4, 0.5) is 0 Å². The third-order valence-electron chi connectivity index (χ3n) is 2.39. The first-order valence-corrected chi connectivity index (χ1v) is 6.00. The molecule has 0 aliphatic carbocycles. The van der Waals surface area contributed by atoms with Crippen molar-refractivity contribution in [2.24, 2.45) is 0 Å². The molecule has 0 amide bonds. The van der Waals surface area contributed by atoms with E-state index < -0.39 is 0 Å². The van der Waals surface area contributed by atoms with E-state index in [9.17, 15) is 0 Å². The first kappa shape index (κ1) is 12.6. The zero-order chi connectivity index (χ0) is 11.3. The molecule has 0 nitrogen and oxygen atoms in total. The highest BCUT2D eigenvalue weighted by molar-refractivity contribution is 6.35. The molecule has 1 aromatic rings. The summed E-state index contributed by atoms with van der Waals surface area (Å²) in [6.45, 7) is 4.31. The van der Waals surface area contributed by atoms with Crippen LogP contribution in [0.1, 0.15) is 38.2 Å². The van der Waals surface area contributed by atoms with Crippen molar-refractivity contribution in [1.82, 2.24) is 0 Å². The van der Waals surface area contributed by atoms with Crippen LogP contribution in [0, 0.1) is 0 Å². The summed E-state index contributed by atoms with van der Waals surface area (Å²) >= 11 is 12.0. The molecule has 0 aliphatic rings. The van der Waals surface area contributed by atoms with Gasteiger partial charge in [0.25, 0.3) is 0 Å². The van der Waals surface area contributed by atoms with Gasteiger partial charge >= 0.3 is 0 Å². The Bertz CT molecular complexity index is 342. The zero-order valence-electron chi connectivity index (χ0n) is 9.13. The number of rotatable bonds is 4. The molecule has 0 saturated heterocycles. The largest absolute Gasteiger partial charge is 0.0888 e. The molecule has 0 radical (unpaired) electrons. The van der Waals surface area contributed by atoms with Crippen LogP contribution in [0.15, 0.2) is 30.4 Å². The Kier molecular flexibility index (Phi) is 5.21. The van der Waals surface area contributed by atoms with E-state index in [1.807, 2.05) is 12.1 Å². The molecular formula is C13H16Cl2. The van der Waals surface area contributed by atoms with Gasteiger partial charge < -0.3 is 0 Å². The first-order valence-electron chi connectivity index (χ1n) is 5.25. The van der Waals surface area contributed by atoms with Gasteiger partial charge in [0.05, 0.1) is 0 Å². The minimum absolute atomic E-state index is 0.442. The smallest absolute Gasteiger partial charge is 0.0455 e. The monoisotopic (exact) mass is 242 g/mol. The average Bonchev–Trinajstić information content (AvgIpc) is 2.17. The molecule has 2 heteroatoms. The van der Waals surface area contributed by atoms with Crippen LogP contribution in [0.3, 0.4) is 0 Å². The first-order chi connectivity index (χ1) is 7.15. The number of benzene rings is 1. The molecule has 0 N–H and O–H groups in total. The molecule has 0 spiro atoms. The summed E-state index contributed by atoms with van der Waals surface area (Å²) in [6, 6.07) is 5.70. The summed E-state index contributed by atoms with van der Waals surface area (Å²) in [7, 11) is 0. The van der Waals surface area contributed by atoms with Gasteiger partial charge in [0.1, 0.15) is 0 Å². The Morgan fingerprint density at radius 1 is 1.27 bits per heavy atom. The van der Waals surface area contributed by atoms with E-state index in [1.54, 1.807) is 6.07 Å². The van der Waals surface area contributed by atoms with Crippen LogP contribution in [0.5, 0.6) is 0 Å². The third kappa shape index (κ3) is 3.89. The van der Waals surface area contributed by atoms with Gasteiger partial charge in [-0.15, -0.1) is 0 Å². The second-order valence-electron chi connectivity index (χ2n) is 3.68. The lowest BCUT2D eigenvalue weighted by molar-refractivity contribution is 0.779. The fourth-order valence-corrected chi connectivity index (χ4v) is 2.09. The molecule has 0 heterocycles. The van der Waals surface area contributed by atoms with Crippen molar-refractivity contribution >= 4 is 23.2 Å². The Balaban J connectivity index is 2.73. The fourth-order valence-electron chi connectivity index (χ4n) is 1.50. The topological polar surface area (TPSA) is 0 Å². The van der Waals surface area contributed by atoms with E-state index in [4.69, 9.17) is 23.2 Å². The van der Waals surface area contributed by atoms with Crippen LogP contribution >= 0.6 is 23.2 Å². The summed E-state index contributed by atoms with van der Waals surface area (Å²) in [5.74, 6) is 0.442. The SMILES string of the molecule is CC/C=C\CC(C)c1ccc(Cl)cc1Cl. The highest BCUT2D eigenvalue weighted by Gasteiger charge is 2.08. The summed E-state index contributed by atoms with van der Waals surface area (Å²) in [5, 5.41) is 1.46. The average molecular weight is 243 g/mol. The molecule has 1 aromatic carbocycles. The third-order valence-corrected chi connectivity index (χ3v) is 2.95. The quantitative estimate of drug-likeness (QED) is 0.616. The van der Waals surface area contributed by atoms with E-state index in [0.717, 1.165) is 17.9 Å². The molecular weight excluding hydrogens is 227 g/mol. The van der Waals surface area contributed by atoms with Crippen LogP contribution in [0.25, 0.3) is 0 Å². The normalized spacial score (nSPS) is 13.3. The van der Waals surface area contributed by atoms with Crippen molar-refractivity contribution in [3.05, 3.63) is 46.0 Å². The fraction of sp³-hybridized carbons (Fsp3) is 0.385. The maximum atomic E-state index is 6.13. The Morgan fingerprint density at radius 2 is 2.00 bits per heavy atom. The second-order valence-corrected chi connectivity index (χ2v) is 4.53. The number of hydrogen-bond acceptors (Lipinski definition) is 0. The van der Waals surface area contributed by atoms with Gasteiger partial charge in [-0.05, 0) is 36.5 Å². The molecule has 0 saturated carbocycles. The lowest BCUT2D eigenvalue weighted by atomic mass is 9.97. The van der Waals surface area contributed by atoms with Crippen LogP contribution in [-0.4, -0.2) is 0 Å². The molecule has 0 aliphatic heterocycles. The molecule has 0 aromatic heterocycles. The van der Waals surface area contributed by atoms with Gasteiger partial charge in [-0.25, -0.2) is 0 Å². The number of hydrogen-bond donors (Lipinski definition) is 0. The molecule has 1 rings (SSSR count). The predicted octanol–water partition coefficient (Wildman–Crippen LogP) is 5.45. The van der Waals surface area contributed by atoms with Gasteiger partial charge in [-0.1, -0.05) is 55.3 Å². The minimum Gasteiger partial charge on any atom is -0.0888 e. The minimum atomic E-state index is 0.442. The summed E-state index contributed by atoms with van der Waals surface area (Å²) < 4.78 is 0. The van der Waals surface area contributed by atoms with Crippen molar-refractivity contribution in [2.75, 3.05) is 0 Å². The molecule has 82 valence electrons. The van der Waals surface area contributed by atoms with Crippen molar-refractivity contribution in [1.29, 1.82) is 0 Å². The van der Waals surface area contributed by atoms with Crippen molar-refractivity contribution in [2.45, 2.75) is 32.6 Å². The van der Waals surface area contributed by atoms with Crippen molar-refractivity contribution in [3.8, 4) is 0 Å². The predicted molar refractivity (Wildman–Crippen MR) is 68.9 cm³/mol. The van der Waals surface area contributed by atoms with E-state index in [0.29, 0.717) is 10.9 Å². The highest BCUT2D eigenvalue weighted by Crippen LogP contribution is 2.29. The van der Waals surface area contributed by atoms with Gasteiger partial charge in [-0.3, -0.25) is 0 Å². The van der Waals surface area contributed by atoms with Gasteiger partial charge in [0, 0.05) is 10.0 Å². The maximum absolute atomic E-state index is 6.13. The summed E-state index contributed by atoms with van der Waals surface area (Å²) in [6.07, 6.45) is 6.49. The van der Waals surface area contributed by atoms with E-state index in [-0.39, 0.29) is 0 Å².